The summed E-state index contributed by atoms with van der Waals surface area (Å²) in [5.74, 6) is 0. The summed E-state index contributed by atoms with van der Waals surface area (Å²) < 4.78 is 0. The number of fused-ring (bicyclic) bond motifs is 1. The first-order valence-corrected chi connectivity index (χ1v) is 2.93. The Kier molecular flexibility index (Phi) is 0.833. The maximum Gasteiger partial charge on any atom is -0.0422 e. The van der Waals surface area contributed by atoms with E-state index in [0.29, 0.717) is 0 Å². The van der Waals surface area contributed by atoms with E-state index in [1.54, 1.807) is 0 Å². The molecule has 1 aromatic carbocycles. The van der Waals surface area contributed by atoms with Crippen molar-refractivity contribution in [2.75, 3.05) is 0 Å². The summed E-state index contributed by atoms with van der Waals surface area (Å²) in [7, 11) is 0. The number of rotatable bonds is 0. The fourth-order valence-corrected chi connectivity index (χ4v) is 0.944. The van der Waals surface area contributed by atoms with Gasteiger partial charge in [0.05, 0.1) is 0 Å². The summed E-state index contributed by atoms with van der Waals surface area (Å²) in [5, 5.41) is 1.22. The molecule has 0 aliphatic heterocycles. The molecule has 2 aromatic rings. The van der Waals surface area contributed by atoms with E-state index in [-0.39, 0.29) is 0 Å². The Morgan fingerprint density at radius 1 is 1.00 bits per heavy atom. The van der Waals surface area contributed by atoms with E-state index in [1.807, 2.05) is 30.5 Å². The van der Waals surface area contributed by atoms with Crippen molar-refractivity contribution in [2.45, 2.75) is 0 Å². The standard InChI is InChI=1S/C8H6N/c1-2-4-8-7(3-1)5-6-9-8/h1-6H/q-1. The van der Waals surface area contributed by atoms with Crippen LogP contribution in [-0.4, -0.2) is 0 Å². The van der Waals surface area contributed by atoms with Gasteiger partial charge in [-0.3, -0.25) is 0 Å². The lowest BCUT2D eigenvalue weighted by atomic mass is 10.3. The summed E-state index contributed by atoms with van der Waals surface area (Å²) in [6.45, 7) is 0. The number of aromatic nitrogens is 1. The molecule has 0 unspecified atom stereocenters. The van der Waals surface area contributed by atoms with E-state index >= 15 is 0 Å². The average molecular weight is 116 g/mol. The molecule has 0 atom stereocenters. The van der Waals surface area contributed by atoms with Crippen LogP contribution in [0.4, 0.5) is 0 Å². The molecule has 44 valence electrons. The summed E-state index contributed by atoms with van der Waals surface area (Å²) in [4.78, 5) is 4.12. The van der Waals surface area contributed by atoms with Crippen molar-refractivity contribution >= 4 is 10.9 Å². The highest BCUT2D eigenvalue weighted by atomic mass is 14.6. The third kappa shape index (κ3) is 0.617. The van der Waals surface area contributed by atoms with Crippen LogP contribution in [0.1, 0.15) is 0 Å². The highest BCUT2D eigenvalue weighted by molar-refractivity contribution is 5.78. The maximum absolute atomic E-state index is 4.12. The lowest BCUT2D eigenvalue weighted by Gasteiger charge is -1.93. The predicted molar refractivity (Wildman–Crippen MR) is 37.3 cm³/mol. The second-order valence-electron chi connectivity index (χ2n) is 2.00. The predicted octanol–water partition coefficient (Wildman–Crippen LogP) is 1.80. The molecule has 0 aliphatic rings. The van der Waals surface area contributed by atoms with Crippen LogP contribution < -0.4 is 4.98 Å². The van der Waals surface area contributed by atoms with Crippen molar-refractivity contribution in [3.63, 3.8) is 0 Å². The van der Waals surface area contributed by atoms with E-state index in [0.717, 1.165) is 5.52 Å². The van der Waals surface area contributed by atoms with Gasteiger partial charge in [-0.25, -0.2) is 0 Å². The van der Waals surface area contributed by atoms with Crippen LogP contribution in [0.2, 0.25) is 0 Å². The Bertz CT molecular complexity index is 279. The molecule has 0 spiro atoms. The van der Waals surface area contributed by atoms with E-state index in [9.17, 15) is 0 Å². The number of para-hydroxylation sites is 1. The van der Waals surface area contributed by atoms with Gasteiger partial charge in [0.1, 0.15) is 0 Å². The number of hydrogen-bond acceptors (Lipinski definition) is 0. The molecule has 2 rings (SSSR count). The van der Waals surface area contributed by atoms with Gasteiger partial charge in [0, 0.05) is 0 Å². The molecule has 0 saturated heterocycles. The molecule has 0 bridgehead atoms. The van der Waals surface area contributed by atoms with Gasteiger partial charge in [-0.15, -0.1) is 5.52 Å². The van der Waals surface area contributed by atoms with Gasteiger partial charge < -0.3 is 4.98 Å². The molecule has 1 aromatic heterocycles. The third-order valence-corrected chi connectivity index (χ3v) is 1.40. The summed E-state index contributed by atoms with van der Waals surface area (Å²) in [6, 6.07) is 10.1. The minimum atomic E-state index is 1.08. The second kappa shape index (κ2) is 1.62. The Balaban J connectivity index is 2.95. The van der Waals surface area contributed by atoms with Crippen molar-refractivity contribution < 1.29 is 0 Å². The zero-order valence-corrected chi connectivity index (χ0v) is 4.91. The molecular weight excluding hydrogens is 110 g/mol. The quantitative estimate of drug-likeness (QED) is 0.512. The molecule has 0 N–H and O–H groups in total. The fraction of sp³-hybridized carbons (Fsp3) is 0. The normalized spacial score (nSPS) is 10.2. The second-order valence-corrected chi connectivity index (χ2v) is 2.00. The number of benzene rings is 1. The minimum absolute atomic E-state index is 1.08. The lowest BCUT2D eigenvalue weighted by molar-refractivity contribution is 1.43. The van der Waals surface area contributed by atoms with Crippen LogP contribution in [-0.2, 0) is 0 Å². The first-order valence-electron chi connectivity index (χ1n) is 2.93. The molecule has 0 radical (unpaired) electrons. The largest absolute Gasteiger partial charge is 0.664 e. The van der Waals surface area contributed by atoms with Crippen LogP contribution in [0, 0.1) is 0 Å². The van der Waals surface area contributed by atoms with Crippen molar-refractivity contribution in [3.8, 4) is 0 Å². The minimum Gasteiger partial charge on any atom is -0.664 e. The smallest absolute Gasteiger partial charge is 0.0422 e. The Hall–Kier alpha value is -1.24. The first kappa shape index (κ1) is 4.62. The monoisotopic (exact) mass is 116 g/mol. The molecule has 0 fully saturated rings. The molecule has 1 nitrogen and oxygen atoms in total. The number of nitrogens with zero attached hydrogens (tertiary/aromatic N) is 1. The Morgan fingerprint density at radius 3 is 2.78 bits per heavy atom. The summed E-state index contributed by atoms with van der Waals surface area (Å²) >= 11 is 0. The van der Waals surface area contributed by atoms with E-state index in [2.05, 4.69) is 11.1 Å². The maximum atomic E-state index is 4.12. The van der Waals surface area contributed by atoms with Gasteiger partial charge in [-0.1, -0.05) is 30.3 Å². The van der Waals surface area contributed by atoms with Crippen molar-refractivity contribution in [1.82, 2.24) is 4.98 Å². The average Bonchev–Trinajstić information content (AvgIpc) is 2.33. The zero-order chi connectivity index (χ0) is 6.10. The molecular formula is C8H6N-. The van der Waals surface area contributed by atoms with Crippen molar-refractivity contribution in [1.29, 1.82) is 0 Å². The van der Waals surface area contributed by atoms with Crippen LogP contribution in [0.15, 0.2) is 36.5 Å². The van der Waals surface area contributed by atoms with E-state index in [1.165, 1.54) is 5.39 Å². The third-order valence-electron chi connectivity index (χ3n) is 1.40. The van der Waals surface area contributed by atoms with E-state index < -0.39 is 0 Å². The summed E-state index contributed by atoms with van der Waals surface area (Å²) in [5.41, 5.74) is 1.08. The van der Waals surface area contributed by atoms with Crippen LogP contribution in [0.3, 0.4) is 0 Å². The molecule has 0 aliphatic carbocycles. The summed E-state index contributed by atoms with van der Waals surface area (Å²) in [6.07, 6.45) is 1.82. The number of hydrogen-bond donors (Lipinski definition) is 0. The van der Waals surface area contributed by atoms with Crippen LogP contribution >= 0.6 is 0 Å². The van der Waals surface area contributed by atoms with Crippen LogP contribution in [0.5, 0.6) is 0 Å². The van der Waals surface area contributed by atoms with Crippen molar-refractivity contribution in [3.05, 3.63) is 36.5 Å². The van der Waals surface area contributed by atoms with Crippen molar-refractivity contribution in [2.24, 2.45) is 0 Å². The topological polar surface area (TPSA) is 14.1 Å². The van der Waals surface area contributed by atoms with Gasteiger partial charge in [-0.2, -0.15) is 6.20 Å². The highest BCUT2D eigenvalue weighted by Gasteiger charge is 1.78. The molecule has 0 amide bonds. The van der Waals surface area contributed by atoms with Gasteiger partial charge in [-0.05, 0) is 5.39 Å². The molecule has 1 heteroatoms. The SMILES string of the molecule is c1ccc2[n-]ccc2c1. The molecule has 0 saturated carbocycles. The Morgan fingerprint density at radius 2 is 1.89 bits per heavy atom. The van der Waals surface area contributed by atoms with E-state index in [4.69, 9.17) is 0 Å². The highest BCUT2D eigenvalue weighted by Crippen LogP contribution is 2.08. The van der Waals surface area contributed by atoms with Gasteiger partial charge >= 0.3 is 0 Å². The zero-order valence-electron chi connectivity index (χ0n) is 4.91. The van der Waals surface area contributed by atoms with Crippen LogP contribution in [0.25, 0.3) is 10.9 Å². The fourth-order valence-electron chi connectivity index (χ4n) is 0.944. The van der Waals surface area contributed by atoms with Gasteiger partial charge in [0.15, 0.2) is 0 Å². The Labute approximate surface area is 53.3 Å². The first-order chi connectivity index (χ1) is 4.47. The van der Waals surface area contributed by atoms with Gasteiger partial charge in [0.2, 0.25) is 0 Å². The molecule has 1 heterocycles. The molecule has 9 heavy (non-hydrogen) atoms. The lowest BCUT2D eigenvalue weighted by Crippen LogP contribution is -1.64. The van der Waals surface area contributed by atoms with Gasteiger partial charge in [0.25, 0.3) is 0 Å².